The first kappa shape index (κ1) is 24.7. The number of para-hydroxylation sites is 1. The van der Waals surface area contributed by atoms with Gasteiger partial charge in [-0.3, -0.25) is 9.59 Å². The van der Waals surface area contributed by atoms with E-state index >= 15 is 0 Å². The molecule has 6 heteroatoms. The first-order valence-electron chi connectivity index (χ1n) is 12.8. The Bertz CT molecular complexity index is 1340. The van der Waals surface area contributed by atoms with Gasteiger partial charge in [-0.05, 0) is 73.6 Å². The minimum Gasteiger partial charge on any atom is -0.399 e. The largest absolute Gasteiger partial charge is 0.495 e. The number of rotatable bonds is 4. The molecule has 0 atom stereocenters. The summed E-state index contributed by atoms with van der Waals surface area (Å²) in [4.78, 5) is 29.5. The van der Waals surface area contributed by atoms with Crippen LogP contribution in [-0.2, 0) is 9.31 Å². The van der Waals surface area contributed by atoms with Gasteiger partial charge in [0.1, 0.15) is 0 Å². The fraction of sp³-hybridized carbons (Fsp3) is 0.400. The number of benzene rings is 3. The average molecular weight is 483 g/mol. The molecule has 0 unspecified atom stereocenters. The molecule has 0 N–H and O–H groups in total. The summed E-state index contributed by atoms with van der Waals surface area (Å²) in [5.74, 6) is -0.275. The summed E-state index contributed by atoms with van der Waals surface area (Å²) in [5, 5.41) is 1.48. The summed E-state index contributed by atoms with van der Waals surface area (Å²) >= 11 is 0. The van der Waals surface area contributed by atoms with Crippen LogP contribution in [-0.4, -0.2) is 30.1 Å². The predicted octanol–water partition coefficient (Wildman–Crippen LogP) is 6.19. The highest BCUT2D eigenvalue weighted by molar-refractivity contribution is 6.65. The van der Waals surface area contributed by atoms with E-state index in [4.69, 9.17) is 9.31 Å². The fourth-order valence-corrected chi connectivity index (χ4v) is 5.27. The lowest BCUT2D eigenvalue weighted by Crippen LogP contribution is -2.43. The smallest absolute Gasteiger partial charge is 0.399 e. The van der Waals surface area contributed by atoms with E-state index in [2.05, 4.69) is 27.7 Å². The lowest BCUT2D eigenvalue weighted by molar-refractivity contribution is 0.00578. The number of imide groups is 1. The molecule has 0 aromatic heterocycles. The molecule has 5 rings (SSSR count). The zero-order valence-corrected chi connectivity index (χ0v) is 22.4. The van der Waals surface area contributed by atoms with Gasteiger partial charge < -0.3 is 9.31 Å². The minimum atomic E-state index is -0.586. The third-order valence-electron chi connectivity index (χ3n) is 8.01. The Balaban J connectivity index is 1.70. The second kappa shape index (κ2) is 8.29. The monoisotopic (exact) mass is 483 g/mol. The highest BCUT2D eigenvalue weighted by atomic mass is 16.7. The number of amides is 2. The number of anilines is 1. The van der Waals surface area contributed by atoms with Crippen LogP contribution in [0.4, 0.5) is 5.69 Å². The molecule has 2 amide bonds. The van der Waals surface area contributed by atoms with Crippen LogP contribution in [0.1, 0.15) is 99.1 Å². The number of hydrogen-bond acceptors (Lipinski definition) is 4. The summed E-state index contributed by atoms with van der Waals surface area (Å²) in [6.07, 6.45) is 0. The highest BCUT2D eigenvalue weighted by Gasteiger charge is 2.52. The molecular formula is C30H34BNO4. The van der Waals surface area contributed by atoms with Crippen molar-refractivity contribution in [3.8, 4) is 0 Å². The van der Waals surface area contributed by atoms with E-state index in [1.54, 1.807) is 0 Å². The molecule has 186 valence electrons. The Labute approximate surface area is 213 Å². The van der Waals surface area contributed by atoms with Gasteiger partial charge in [-0.2, -0.15) is 0 Å². The molecule has 3 aromatic carbocycles. The van der Waals surface area contributed by atoms with Crippen molar-refractivity contribution in [3.63, 3.8) is 0 Å². The summed E-state index contributed by atoms with van der Waals surface area (Å²) in [5.41, 5.74) is 3.59. The quantitative estimate of drug-likeness (QED) is 0.328. The number of nitrogens with zero attached hydrogens (tertiary/aromatic N) is 1. The summed E-state index contributed by atoms with van der Waals surface area (Å²) in [6, 6.07) is 15.4. The molecular weight excluding hydrogens is 449 g/mol. The van der Waals surface area contributed by atoms with Gasteiger partial charge in [0.05, 0.1) is 16.9 Å². The summed E-state index contributed by atoms with van der Waals surface area (Å²) in [6.45, 7) is 16.4. The van der Waals surface area contributed by atoms with E-state index in [0.717, 1.165) is 27.7 Å². The lowest BCUT2D eigenvalue weighted by Gasteiger charge is -2.32. The van der Waals surface area contributed by atoms with Crippen LogP contribution in [0.5, 0.6) is 0 Å². The van der Waals surface area contributed by atoms with Gasteiger partial charge in [0.2, 0.25) is 0 Å². The van der Waals surface area contributed by atoms with Crippen molar-refractivity contribution in [2.45, 2.75) is 78.4 Å². The van der Waals surface area contributed by atoms with Gasteiger partial charge in [0.15, 0.2) is 0 Å². The van der Waals surface area contributed by atoms with Crippen molar-refractivity contribution in [2.75, 3.05) is 4.90 Å². The second-order valence-electron chi connectivity index (χ2n) is 11.6. The van der Waals surface area contributed by atoms with E-state index in [1.165, 1.54) is 4.90 Å². The Morgan fingerprint density at radius 1 is 0.722 bits per heavy atom. The zero-order chi connectivity index (χ0) is 26.2. The van der Waals surface area contributed by atoms with E-state index in [9.17, 15) is 9.59 Å². The molecule has 0 bridgehead atoms. The van der Waals surface area contributed by atoms with Crippen LogP contribution in [0, 0.1) is 0 Å². The van der Waals surface area contributed by atoms with Crippen LogP contribution >= 0.6 is 0 Å². The van der Waals surface area contributed by atoms with Crippen molar-refractivity contribution < 1.29 is 18.9 Å². The normalized spacial score (nSPS) is 18.7. The molecule has 0 aliphatic carbocycles. The van der Waals surface area contributed by atoms with Crippen LogP contribution < -0.4 is 10.4 Å². The molecule has 3 aromatic rings. The molecule has 2 aliphatic rings. The van der Waals surface area contributed by atoms with Crippen LogP contribution in [0.3, 0.4) is 0 Å². The Morgan fingerprint density at radius 2 is 1.22 bits per heavy atom. The van der Waals surface area contributed by atoms with Crippen LogP contribution in [0.15, 0.2) is 48.5 Å². The van der Waals surface area contributed by atoms with Gasteiger partial charge >= 0.3 is 7.12 Å². The van der Waals surface area contributed by atoms with Gasteiger partial charge in [0.25, 0.3) is 11.8 Å². The van der Waals surface area contributed by atoms with Crippen molar-refractivity contribution >= 4 is 40.9 Å². The summed E-state index contributed by atoms with van der Waals surface area (Å²) < 4.78 is 12.6. The average Bonchev–Trinajstić information content (AvgIpc) is 3.03. The third-order valence-corrected chi connectivity index (χ3v) is 8.01. The first-order chi connectivity index (χ1) is 16.9. The summed E-state index contributed by atoms with van der Waals surface area (Å²) in [7, 11) is -0.586. The van der Waals surface area contributed by atoms with Crippen molar-refractivity contribution in [2.24, 2.45) is 0 Å². The van der Waals surface area contributed by atoms with Crippen molar-refractivity contribution in [3.05, 3.63) is 70.8 Å². The maximum atomic E-state index is 14.0. The third kappa shape index (κ3) is 3.53. The molecule has 2 heterocycles. The minimum absolute atomic E-state index is 0.155. The SMILES string of the molecule is CC(C)c1cccc(C(C)C)c1N1C(=O)c2cccc3c(B4OC(C)(C)C(C)(C)O4)ccc(c23)C1=O. The highest BCUT2D eigenvalue weighted by Crippen LogP contribution is 2.41. The molecule has 1 saturated heterocycles. The van der Waals surface area contributed by atoms with Crippen LogP contribution in [0.25, 0.3) is 10.8 Å². The maximum absolute atomic E-state index is 14.0. The van der Waals surface area contributed by atoms with Gasteiger partial charge in [-0.25, -0.2) is 4.90 Å². The molecule has 2 aliphatic heterocycles. The number of hydrogen-bond donors (Lipinski definition) is 0. The Kier molecular flexibility index (Phi) is 5.69. The number of carbonyl (C=O) groups excluding carboxylic acids is 2. The second-order valence-corrected chi connectivity index (χ2v) is 11.6. The topological polar surface area (TPSA) is 55.8 Å². The van der Waals surface area contributed by atoms with E-state index in [-0.39, 0.29) is 23.7 Å². The Hall–Kier alpha value is -2.96. The molecule has 0 saturated carbocycles. The van der Waals surface area contributed by atoms with Crippen LogP contribution in [0.2, 0.25) is 0 Å². The molecule has 1 fully saturated rings. The molecule has 5 nitrogen and oxygen atoms in total. The van der Waals surface area contributed by atoms with Gasteiger partial charge in [-0.1, -0.05) is 64.1 Å². The number of carbonyl (C=O) groups is 2. The predicted molar refractivity (Wildman–Crippen MR) is 145 cm³/mol. The van der Waals surface area contributed by atoms with E-state index in [0.29, 0.717) is 16.5 Å². The van der Waals surface area contributed by atoms with E-state index < -0.39 is 18.3 Å². The molecule has 0 radical (unpaired) electrons. The maximum Gasteiger partial charge on any atom is 0.495 e. The lowest BCUT2D eigenvalue weighted by atomic mass is 9.74. The van der Waals surface area contributed by atoms with E-state index in [1.807, 2.05) is 76.2 Å². The zero-order valence-electron chi connectivity index (χ0n) is 22.4. The van der Waals surface area contributed by atoms with Crippen molar-refractivity contribution in [1.29, 1.82) is 0 Å². The van der Waals surface area contributed by atoms with Gasteiger partial charge in [-0.15, -0.1) is 0 Å². The van der Waals surface area contributed by atoms with Crippen molar-refractivity contribution in [1.82, 2.24) is 0 Å². The molecule has 0 spiro atoms. The fourth-order valence-electron chi connectivity index (χ4n) is 5.27. The standard InChI is InChI=1S/C30H34BNO4/c1-17(2)19-11-9-12-20(18(3)4)26(19)32-27(33)22-14-10-13-21-24(16-15-23(25(21)22)28(32)34)31-35-29(5,6)30(7,8)36-31/h9-18H,1-8H3. The Morgan fingerprint density at radius 3 is 1.75 bits per heavy atom. The molecule has 36 heavy (non-hydrogen) atoms. The van der Waals surface area contributed by atoms with Gasteiger partial charge in [0, 0.05) is 16.5 Å². The first-order valence-corrected chi connectivity index (χ1v) is 12.8.